The molecule has 4 nitrogen and oxygen atoms in total. The number of halogens is 3. The molecule has 2 amide bonds. The van der Waals surface area contributed by atoms with Crippen LogP contribution < -0.4 is 10.6 Å². The molecule has 1 saturated carbocycles. The molecule has 1 unspecified atom stereocenters. The average Bonchev–Trinajstić information content (AvgIpc) is 3.08. The summed E-state index contributed by atoms with van der Waals surface area (Å²) < 4.78 is 26.5. The summed E-state index contributed by atoms with van der Waals surface area (Å²) in [6, 6.07) is 0.926. The number of nitrogens with one attached hydrogen (secondary N) is 2. The van der Waals surface area contributed by atoms with Gasteiger partial charge in [0.1, 0.15) is 17.7 Å². The number of carbonyl (C=O) groups excluding carboxylic acids is 2. The van der Waals surface area contributed by atoms with Gasteiger partial charge in [0.15, 0.2) is 0 Å². The molecule has 1 heterocycles. The fraction of sp³-hybridized carbons (Fsp3) is 0.385. The summed E-state index contributed by atoms with van der Waals surface area (Å²) in [5.41, 5.74) is -0.603. The van der Waals surface area contributed by atoms with Gasteiger partial charge >= 0.3 is 0 Å². The number of rotatable bonds is 2. The lowest BCUT2D eigenvalue weighted by molar-refractivity contribution is -0.125. The monoisotopic (exact) mass is 300 g/mol. The molecular formula is C13H11ClF2N2O2. The molecule has 1 atom stereocenters. The highest BCUT2D eigenvalue weighted by atomic mass is 35.5. The Balaban J connectivity index is 1.74. The fourth-order valence-electron chi connectivity index (χ4n) is 2.42. The summed E-state index contributed by atoms with van der Waals surface area (Å²) in [6.07, 6.45) is 1.97. The van der Waals surface area contributed by atoms with Gasteiger partial charge in [-0.3, -0.25) is 9.59 Å². The zero-order valence-corrected chi connectivity index (χ0v) is 11.1. The van der Waals surface area contributed by atoms with E-state index in [1.807, 2.05) is 0 Å². The molecule has 7 heteroatoms. The van der Waals surface area contributed by atoms with E-state index in [4.69, 9.17) is 11.6 Å². The van der Waals surface area contributed by atoms with Gasteiger partial charge in [-0.1, -0.05) is 11.6 Å². The van der Waals surface area contributed by atoms with Crippen LogP contribution in [0.3, 0.4) is 0 Å². The van der Waals surface area contributed by atoms with E-state index < -0.39 is 29.0 Å². The molecule has 20 heavy (non-hydrogen) atoms. The maximum absolute atomic E-state index is 13.5. The third-order valence-corrected chi connectivity index (χ3v) is 4.11. The maximum Gasteiger partial charge on any atom is 0.247 e. The van der Waals surface area contributed by atoms with E-state index in [1.54, 1.807) is 0 Å². The second-order valence-corrected chi connectivity index (χ2v) is 5.65. The topological polar surface area (TPSA) is 58.2 Å². The summed E-state index contributed by atoms with van der Waals surface area (Å²) in [7, 11) is 0. The average molecular weight is 301 g/mol. The highest BCUT2D eigenvalue weighted by Crippen LogP contribution is 2.52. The molecule has 1 aromatic carbocycles. The Kier molecular flexibility index (Phi) is 2.93. The molecule has 106 valence electrons. The molecule has 2 fully saturated rings. The third-order valence-electron chi connectivity index (χ3n) is 3.82. The summed E-state index contributed by atoms with van der Waals surface area (Å²) in [6.45, 7) is 0. The van der Waals surface area contributed by atoms with Gasteiger partial charge in [0, 0.05) is 6.07 Å². The number of carbonyl (C=O) groups is 2. The van der Waals surface area contributed by atoms with Crippen LogP contribution in [0.4, 0.5) is 14.5 Å². The summed E-state index contributed by atoms with van der Waals surface area (Å²) in [5, 5.41) is 4.64. The molecule has 0 bridgehead atoms. The van der Waals surface area contributed by atoms with Gasteiger partial charge in [-0.25, -0.2) is 8.78 Å². The lowest BCUT2D eigenvalue weighted by Crippen LogP contribution is -2.37. The Morgan fingerprint density at radius 1 is 1.35 bits per heavy atom. The van der Waals surface area contributed by atoms with Crippen molar-refractivity contribution in [1.82, 2.24) is 5.32 Å². The van der Waals surface area contributed by atoms with Crippen LogP contribution in [0.1, 0.15) is 19.3 Å². The predicted octanol–water partition coefficient (Wildman–Crippen LogP) is 2.23. The van der Waals surface area contributed by atoms with Crippen LogP contribution in [0, 0.1) is 17.0 Å². The number of hydrogen-bond acceptors (Lipinski definition) is 2. The second-order valence-electron chi connectivity index (χ2n) is 5.25. The Morgan fingerprint density at radius 3 is 2.65 bits per heavy atom. The highest BCUT2D eigenvalue weighted by molar-refractivity contribution is 6.31. The van der Waals surface area contributed by atoms with Gasteiger partial charge in [0.25, 0.3) is 0 Å². The number of benzene rings is 1. The van der Waals surface area contributed by atoms with Gasteiger partial charge in [-0.2, -0.15) is 0 Å². The van der Waals surface area contributed by atoms with Crippen LogP contribution in [-0.2, 0) is 9.59 Å². The Hall–Kier alpha value is -1.69. The van der Waals surface area contributed by atoms with Crippen molar-refractivity contribution in [2.24, 2.45) is 5.41 Å². The van der Waals surface area contributed by atoms with Crippen LogP contribution in [-0.4, -0.2) is 17.9 Å². The first-order chi connectivity index (χ1) is 9.41. The zero-order chi connectivity index (χ0) is 14.5. The second kappa shape index (κ2) is 4.41. The summed E-state index contributed by atoms with van der Waals surface area (Å²) >= 11 is 5.54. The SMILES string of the molecule is O=C(Nc1cc(Cl)c(F)cc1F)C1CC2(CC2)C(=O)N1. The Morgan fingerprint density at radius 2 is 2.05 bits per heavy atom. The van der Waals surface area contributed by atoms with Crippen LogP contribution in [0.25, 0.3) is 0 Å². The van der Waals surface area contributed by atoms with Crippen LogP contribution >= 0.6 is 11.6 Å². The van der Waals surface area contributed by atoms with E-state index in [9.17, 15) is 18.4 Å². The van der Waals surface area contributed by atoms with Crippen molar-refractivity contribution in [1.29, 1.82) is 0 Å². The van der Waals surface area contributed by atoms with Crippen LogP contribution in [0.15, 0.2) is 12.1 Å². The Bertz CT molecular complexity index is 617. The largest absolute Gasteiger partial charge is 0.344 e. The minimum atomic E-state index is -0.911. The molecule has 1 aliphatic carbocycles. The first-order valence-electron chi connectivity index (χ1n) is 6.18. The van der Waals surface area contributed by atoms with Gasteiger partial charge in [-0.15, -0.1) is 0 Å². The minimum Gasteiger partial charge on any atom is -0.344 e. The quantitative estimate of drug-likeness (QED) is 0.823. The first kappa shape index (κ1) is 13.3. The van der Waals surface area contributed by atoms with Crippen molar-refractivity contribution in [3.05, 3.63) is 28.8 Å². The minimum absolute atomic E-state index is 0.129. The molecule has 0 aromatic heterocycles. The van der Waals surface area contributed by atoms with Crippen LogP contribution in [0.2, 0.25) is 5.02 Å². The van der Waals surface area contributed by atoms with Crippen LogP contribution in [0.5, 0.6) is 0 Å². The molecule has 1 spiro atoms. The van der Waals surface area contributed by atoms with Crippen molar-refractivity contribution >= 4 is 29.1 Å². The number of anilines is 1. The van der Waals surface area contributed by atoms with Crippen molar-refractivity contribution in [2.75, 3.05) is 5.32 Å². The van der Waals surface area contributed by atoms with E-state index in [1.165, 1.54) is 0 Å². The standard InChI is InChI=1S/C13H11ClF2N2O2/c14-6-3-9(8(16)4-7(6)15)17-11(19)10-5-13(1-2-13)12(20)18-10/h3-4,10H,1-2,5H2,(H,17,19)(H,18,20). The Labute approximate surface area is 118 Å². The van der Waals surface area contributed by atoms with E-state index in [2.05, 4.69) is 10.6 Å². The smallest absolute Gasteiger partial charge is 0.247 e. The normalized spacial score (nSPS) is 22.8. The van der Waals surface area contributed by atoms with Gasteiger partial charge < -0.3 is 10.6 Å². The molecule has 1 aromatic rings. The highest BCUT2D eigenvalue weighted by Gasteiger charge is 2.57. The predicted molar refractivity (Wildman–Crippen MR) is 68.2 cm³/mol. The third kappa shape index (κ3) is 2.14. The van der Waals surface area contributed by atoms with Gasteiger partial charge in [0.05, 0.1) is 16.1 Å². The molecule has 2 N–H and O–H groups in total. The van der Waals surface area contributed by atoms with Gasteiger partial charge in [0.2, 0.25) is 11.8 Å². The summed E-state index contributed by atoms with van der Waals surface area (Å²) in [5.74, 6) is -2.46. The van der Waals surface area contributed by atoms with Crippen molar-refractivity contribution in [3.8, 4) is 0 Å². The number of hydrogen-bond donors (Lipinski definition) is 2. The molecule has 0 radical (unpaired) electrons. The number of amides is 2. The first-order valence-corrected chi connectivity index (χ1v) is 6.55. The lowest BCUT2D eigenvalue weighted by atomic mass is 10.0. The summed E-state index contributed by atoms with van der Waals surface area (Å²) in [4.78, 5) is 23.7. The van der Waals surface area contributed by atoms with Crippen molar-refractivity contribution < 1.29 is 18.4 Å². The van der Waals surface area contributed by atoms with E-state index in [0.717, 1.165) is 18.9 Å². The van der Waals surface area contributed by atoms with Gasteiger partial charge in [-0.05, 0) is 25.3 Å². The molecule has 1 saturated heterocycles. The van der Waals surface area contributed by atoms with E-state index >= 15 is 0 Å². The molecule has 3 rings (SSSR count). The van der Waals surface area contributed by atoms with Crippen molar-refractivity contribution in [3.63, 3.8) is 0 Å². The van der Waals surface area contributed by atoms with E-state index in [0.29, 0.717) is 12.5 Å². The maximum atomic E-state index is 13.5. The fourth-order valence-corrected chi connectivity index (χ4v) is 2.59. The van der Waals surface area contributed by atoms with E-state index in [-0.39, 0.29) is 16.6 Å². The molecule has 1 aliphatic heterocycles. The lowest BCUT2D eigenvalue weighted by Gasteiger charge is -2.12. The molecule has 2 aliphatic rings. The molecular weight excluding hydrogens is 290 g/mol. The zero-order valence-electron chi connectivity index (χ0n) is 10.3. The van der Waals surface area contributed by atoms with Crippen molar-refractivity contribution in [2.45, 2.75) is 25.3 Å².